The highest BCUT2D eigenvalue weighted by atomic mass is 16.1. The summed E-state index contributed by atoms with van der Waals surface area (Å²) in [5.74, 6) is -0.152. The molecule has 3 aromatic heterocycles. The molecule has 0 radical (unpaired) electrons. The van der Waals surface area contributed by atoms with E-state index in [2.05, 4.69) is 36.0 Å². The van der Waals surface area contributed by atoms with E-state index in [-0.39, 0.29) is 5.91 Å². The summed E-state index contributed by atoms with van der Waals surface area (Å²) in [5, 5.41) is 21.8. The van der Waals surface area contributed by atoms with Gasteiger partial charge in [-0.15, -0.1) is 5.10 Å². The molecule has 0 unspecified atom stereocenters. The van der Waals surface area contributed by atoms with E-state index in [9.17, 15) is 4.79 Å². The molecule has 0 aliphatic rings. The molecule has 0 atom stereocenters. The monoisotopic (exact) mass is 334 g/mol. The Hall–Kier alpha value is -3.62. The number of carbonyl (C=O) groups is 1. The zero-order valence-electron chi connectivity index (χ0n) is 13.1. The number of pyridine rings is 1. The third-order valence-corrected chi connectivity index (χ3v) is 3.79. The Labute approximate surface area is 142 Å². The summed E-state index contributed by atoms with van der Waals surface area (Å²) in [7, 11) is 0. The maximum Gasteiger partial charge on any atom is 0.251 e. The van der Waals surface area contributed by atoms with Gasteiger partial charge in [-0.25, -0.2) is 9.67 Å². The average Bonchev–Trinajstić information content (AvgIpc) is 3.30. The number of hydrogen-bond acceptors (Lipinski definition) is 6. The number of tetrazole rings is 1. The molecule has 2 N–H and O–H groups in total. The van der Waals surface area contributed by atoms with E-state index in [1.807, 2.05) is 24.3 Å². The van der Waals surface area contributed by atoms with Crippen LogP contribution in [0.3, 0.4) is 0 Å². The van der Waals surface area contributed by atoms with Crippen molar-refractivity contribution in [3.05, 3.63) is 65.7 Å². The standard InChI is InChI=1S/C16H14N8O/c25-16(18-8-14-13-2-1-7-17-15(13)21-20-14)12-5-3-11(4-6-12)9-24-10-19-22-23-24/h1-7,10H,8-9H2,(H,18,25)(H,17,20,21). The number of benzene rings is 1. The molecular weight excluding hydrogens is 320 g/mol. The Morgan fingerprint density at radius 3 is 2.88 bits per heavy atom. The number of aromatic amines is 1. The zero-order valence-corrected chi connectivity index (χ0v) is 13.1. The second kappa shape index (κ2) is 6.48. The van der Waals surface area contributed by atoms with Crippen LogP contribution in [0.1, 0.15) is 21.6 Å². The molecule has 0 bridgehead atoms. The summed E-state index contributed by atoms with van der Waals surface area (Å²) >= 11 is 0. The molecular formula is C16H14N8O. The van der Waals surface area contributed by atoms with Crippen LogP contribution in [0, 0.1) is 0 Å². The third kappa shape index (κ3) is 3.20. The van der Waals surface area contributed by atoms with Gasteiger partial charge in [-0.1, -0.05) is 12.1 Å². The van der Waals surface area contributed by atoms with Gasteiger partial charge in [0.2, 0.25) is 0 Å². The number of aromatic nitrogens is 7. The number of nitrogens with one attached hydrogen (secondary N) is 2. The number of nitrogens with zero attached hydrogens (tertiary/aromatic N) is 6. The second-order valence-corrected chi connectivity index (χ2v) is 5.46. The van der Waals surface area contributed by atoms with Crippen molar-refractivity contribution in [3.8, 4) is 0 Å². The van der Waals surface area contributed by atoms with Gasteiger partial charge in [-0.05, 0) is 40.3 Å². The van der Waals surface area contributed by atoms with Gasteiger partial charge in [-0.2, -0.15) is 5.10 Å². The number of rotatable bonds is 5. The van der Waals surface area contributed by atoms with Gasteiger partial charge >= 0.3 is 0 Å². The lowest BCUT2D eigenvalue weighted by Gasteiger charge is -2.06. The Balaban J connectivity index is 1.41. The first-order chi connectivity index (χ1) is 12.3. The van der Waals surface area contributed by atoms with Crippen LogP contribution in [0.5, 0.6) is 0 Å². The van der Waals surface area contributed by atoms with Gasteiger partial charge in [0.05, 0.1) is 18.8 Å². The summed E-state index contributed by atoms with van der Waals surface area (Å²) in [6.07, 6.45) is 3.23. The first kappa shape index (κ1) is 14.9. The fourth-order valence-corrected chi connectivity index (χ4v) is 2.51. The molecule has 1 aromatic carbocycles. The van der Waals surface area contributed by atoms with Crippen molar-refractivity contribution in [1.29, 1.82) is 0 Å². The van der Waals surface area contributed by atoms with E-state index in [1.165, 1.54) is 0 Å². The predicted octanol–water partition coefficient (Wildman–Crippen LogP) is 0.923. The van der Waals surface area contributed by atoms with Gasteiger partial charge in [0.25, 0.3) is 5.91 Å². The van der Waals surface area contributed by atoms with E-state index in [0.29, 0.717) is 24.3 Å². The van der Waals surface area contributed by atoms with Crippen molar-refractivity contribution in [3.63, 3.8) is 0 Å². The minimum Gasteiger partial charge on any atom is -0.346 e. The molecule has 4 rings (SSSR count). The largest absolute Gasteiger partial charge is 0.346 e. The molecule has 0 aliphatic carbocycles. The lowest BCUT2D eigenvalue weighted by atomic mass is 10.1. The van der Waals surface area contributed by atoms with Gasteiger partial charge in [0.15, 0.2) is 5.65 Å². The Kier molecular flexibility index (Phi) is 3.87. The quantitative estimate of drug-likeness (QED) is 0.561. The first-order valence-electron chi connectivity index (χ1n) is 7.65. The van der Waals surface area contributed by atoms with Crippen LogP contribution < -0.4 is 5.32 Å². The van der Waals surface area contributed by atoms with Gasteiger partial charge in [0.1, 0.15) is 6.33 Å². The molecule has 1 amide bonds. The van der Waals surface area contributed by atoms with E-state index in [1.54, 1.807) is 29.3 Å². The summed E-state index contributed by atoms with van der Waals surface area (Å²) in [6.45, 7) is 0.912. The van der Waals surface area contributed by atoms with Gasteiger partial charge in [-0.3, -0.25) is 9.89 Å². The first-order valence-corrected chi connectivity index (χ1v) is 7.65. The van der Waals surface area contributed by atoms with E-state index in [0.717, 1.165) is 16.6 Å². The summed E-state index contributed by atoms with van der Waals surface area (Å²) < 4.78 is 1.62. The molecule has 4 aromatic rings. The SMILES string of the molecule is O=C(NCc1[nH]nc2ncccc12)c1ccc(Cn2cnnn2)cc1. The normalized spacial score (nSPS) is 10.9. The van der Waals surface area contributed by atoms with Crippen LogP contribution in [-0.4, -0.2) is 41.3 Å². The molecule has 0 fully saturated rings. The Bertz CT molecular complexity index is 991. The molecule has 0 spiro atoms. The highest BCUT2D eigenvalue weighted by Gasteiger charge is 2.09. The Morgan fingerprint density at radius 2 is 2.08 bits per heavy atom. The minimum absolute atomic E-state index is 0.152. The zero-order chi connectivity index (χ0) is 17.1. The highest BCUT2D eigenvalue weighted by molar-refractivity contribution is 5.94. The van der Waals surface area contributed by atoms with Gasteiger partial charge in [0, 0.05) is 17.1 Å². The number of fused-ring (bicyclic) bond motifs is 1. The molecule has 0 saturated carbocycles. The maximum atomic E-state index is 12.3. The van der Waals surface area contributed by atoms with Crippen molar-refractivity contribution in [2.75, 3.05) is 0 Å². The van der Waals surface area contributed by atoms with Crippen LogP contribution in [0.2, 0.25) is 0 Å². The minimum atomic E-state index is -0.152. The van der Waals surface area contributed by atoms with Gasteiger partial charge < -0.3 is 5.32 Å². The van der Waals surface area contributed by atoms with E-state index in [4.69, 9.17) is 0 Å². The van der Waals surface area contributed by atoms with Crippen molar-refractivity contribution < 1.29 is 4.79 Å². The summed E-state index contributed by atoms with van der Waals surface area (Å²) in [5.41, 5.74) is 3.06. The molecule has 25 heavy (non-hydrogen) atoms. The van der Waals surface area contributed by atoms with Crippen LogP contribution in [-0.2, 0) is 13.1 Å². The molecule has 3 heterocycles. The van der Waals surface area contributed by atoms with E-state index >= 15 is 0 Å². The topological polar surface area (TPSA) is 114 Å². The van der Waals surface area contributed by atoms with Crippen molar-refractivity contribution in [1.82, 2.24) is 40.7 Å². The molecule has 0 saturated heterocycles. The Morgan fingerprint density at radius 1 is 1.20 bits per heavy atom. The molecule has 9 nitrogen and oxygen atoms in total. The lowest BCUT2D eigenvalue weighted by Crippen LogP contribution is -2.23. The van der Waals surface area contributed by atoms with Crippen molar-refractivity contribution in [2.45, 2.75) is 13.1 Å². The number of carbonyl (C=O) groups excluding carboxylic acids is 1. The predicted molar refractivity (Wildman–Crippen MR) is 88.4 cm³/mol. The fraction of sp³-hybridized carbons (Fsp3) is 0.125. The molecule has 0 aliphatic heterocycles. The van der Waals surface area contributed by atoms with Crippen molar-refractivity contribution in [2.24, 2.45) is 0 Å². The van der Waals surface area contributed by atoms with Crippen LogP contribution in [0.25, 0.3) is 11.0 Å². The fourth-order valence-electron chi connectivity index (χ4n) is 2.51. The molecule has 9 heteroatoms. The highest BCUT2D eigenvalue weighted by Crippen LogP contribution is 2.12. The van der Waals surface area contributed by atoms with Crippen molar-refractivity contribution >= 4 is 16.9 Å². The van der Waals surface area contributed by atoms with Crippen LogP contribution >= 0.6 is 0 Å². The smallest absolute Gasteiger partial charge is 0.251 e. The second-order valence-electron chi connectivity index (χ2n) is 5.46. The molecule has 124 valence electrons. The maximum absolute atomic E-state index is 12.3. The van der Waals surface area contributed by atoms with Crippen LogP contribution in [0.15, 0.2) is 48.9 Å². The van der Waals surface area contributed by atoms with E-state index < -0.39 is 0 Å². The average molecular weight is 334 g/mol. The third-order valence-electron chi connectivity index (χ3n) is 3.79. The number of amides is 1. The number of hydrogen-bond donors (Lipinski definition) is 2. The summed E-state index contributed by atoms with van der Waals surface area (Å²) in [6, 6.07) is 11.1. The number of H-pyrrole nitrogens is 1. The van der Waals surface area contributed by atoms with Crippen LogP contribution in [0.4, 0.5) is 0 Å². The summed E-state index contributed by atoms with van der Waals surface area (Å²) in [4.78, 5) is 16.5. The lowest BCUT2D eigenvalue weighted by molar-refractivity contribution is 0.0950.